The van der Waals surface area contributed by atoms with Gasteiger partial charge in [-0.2, -0.15) is 0 Å². The number of carbonyl (C=O) groups excluding carboxylic acids is 3. The summed E-state index contributed by atoms with van der Waals surface area (Å²) < 4.78 is 5.48. The second-order valence-corrected chi connectivity index (χ2v) is 11.3. The Labute approximate surface area is 234 Å². The molecule has 2 aromatic rings. The third-order valence-corrected chi connectivity index (χ3v) is 6.70. The van der Waals surface area contributed by atoms with Crippen LogP contribution in [0.1, 0.15) is 90.0 Å². The Morgan fingerprint density at radius 1 is 0.949 bits per heavy atom. The zero-order chi connectivity index (χ0) is 29.0. The lowest BCUT2D eigenvalue weighted by Crippen LogP contribution is -2.55. The first-order valence-corrected chi connectivity index (χ1v) is 14.1. The summed E-state index contributed by atoms with van der Waals surface area (Å²) in [6.07, 6.45) is 2.67. The molecule has 3 atom stereocenters. The molecule has 0 bridgehead atoms. The molecule has 0 heterocycles. The van der Waals surface area contributed by atoms with E-state index in [1.54, 1.807) is 25.7 Å². The van der Waals surface area contributed by atoms with E-state index in [0.29, 0.717) is 19.5 Å². The van der Waals surface area contributed by atoms with Crippen LogP contribution in [0.5, 0.6) is 0 Å². The summed E-state index contributed by atoms with van der Waals surface area (Å²) in [4.78, 5) is 42.5. The Morgan fingerprint density at radius 2 is 1.59 bits per heavy atom. The molecule has 7 heteroatoms. The Balaban J connectivity index is 2.47. The number of carbonyl (C=O) groups is 3. The number of hydrogen-bond donors (Lipinski definition) is 2. The molecule has 0 radical (unpaired) electrons. The van der Waals surface area contributed by atoms with Gasteiger partial charge in [0.2, 0.25) is 11.8 Å². The van der Waals surface area contributed by atoms with Gasteiger partial charge in [0.05, 0.1) is 0 Å². The van der Waals surface area contributed by atoms with Gasteiger partial charge >= 0.3 is 6.09 Å². The minimum Gasteiger partial charge on any atom is -0.444 e. The maximum atomic E-state index is 14.3. The van der Waals surface area contributed by atoms with E-state index in [9.17, 15) is 14.4 Å². The topological polar surface area (TPSA) is 87.7 Å². The lowest BCUT2D eigenvalue weighted by molar-refractivity contribution is -0.143. The van der Waals surface area contributed by atoms with Crippen molar-refractivity contribution in [3.63, 3.8) is 0 Å². The first kappa shape index (κ1) is 31.9. The highest BCUT2D eigenvalue weighted by Gasteiger charge is 2.37. The highest BCUT2D eigenvalue weighted by atomic mass is 16.6. The van der Waals surface area contributed by atoms with Gasteiger partial charge in [-0.05, 0) is 51.2 Å². The van der Waals surface area contributed by atoms with E-state index < -0.39 is 23.8 Å². The van der Waals surface area contributed by atoms with Gasteiger partial charge in [0.15, 0.2) is 0 Å². The Hall–Kier alpha value is -3.35. The van der Waals surface area contributed by atoms with E-state index in [1.807, 2.05) is 75.4 Å². The normalized spacial score (nSPS) is 13.6. The Morgan fingerprint density at radius 3 is 2.15 bits per heavy atom. The fraction of sp³-hybridized carbons (Fsp3) is 0.531. The predicted octanol–water partition coefficient (Wildman–Crippen LogP) is 6.31. The van der Waals surface area contributed by atoms with Gasteiger partial charge in [-0.25, -0.2) is 4.79 Å². The van der Waals surface area contributed by atoms with Gasteiger partial charge in [0.1, 0.15) is 17.7 Å². The molecule has 3 unspecified atom stereocenters. The molecule has 0 spiro atoms. The highest BCUT2D eigenvalue weighted by molar-refractivity contribution is 5.92. The van der Waals surface area contributed by atoms with Crippen molar-refractivity contribution in [2.24, 2.45) is 5.92 Å². The van der Waals surface area contributed by atoms with Crippen molar-refractivity contribution in [1.82, 2.24) is 15.5 Å². The van der Waals surface area contributed by atoms with Crippen LogP contribution in [0, 0.1) is 12.8 Å². The molecule has 2 aromatic carbocycles. The third-order valence-electron chi connectivity index (χ3n) is 6.70. The van der Waals surface area contributed by atoms with Crippen LogP contribution in [-0.2, 0) is 20.9 Å². The van der Waals surface area contributed by atoms with Crippen LogP contribution in [0.3, 0.4) is 0 Å². The van der Waals surface area contributed by atoms with Crippen molar-refractivity contribution in [2.75, 3.05) is 6.54 Å². The first-order valence-electron chi connectivity index (χ1n) is 14.1. The van der Waals surface area contributed by atoms with E-state index >= 15 is 0 Å². The van der Waals surface area contributed by atoms with Gasteiger partial charge < -0.3 is 20.3 Å². The summed E-state index contributed by atoms with van der Waals surface area (Å²) in [6.45, 7) is 14.1. The van der Waals surface area contributed by atoms with Crippen LogP contribution in [-0.4, -0.2) is 41.0 Å². The summed E-state index contributed by atoms with van der Waals surface area (Å²) in [6, 6.07) is 15.7. The second kappa shape index (κ2) is 15.3. The van der Waals surface area contributed by atoms with Crippen molar-refractivity contribution in [2.45, 2.75) is 98.4 Å². The molecular formula is C32H47N3O4. The van der Waals surface area contributed by atoms with Crippen LogP contribution < -0.4 is 10.6 Å². The third kappa shape index (κ3) is 10.4. The zero-order valence-electron chi connectivity index (χ0n) is 24.8. The average Bonchev–Trinajstić information content (AvgIpc) is 2.89. The molecular weight excluding hydrogens is 490 g/mol. The molecule has 0 aliphatic rings. The molecule has 3 amide bonds. The van der Waals surface area contributed by atoms with Gasteiger partial charge in [-0.3, -0.25) is 9.59 Å². The van der Waals surface area contributed by atoms with Gasteiger partial charge in [-0.15, -0.1) is 0 Å². The summed E-state index contributed by atoms with van der Waals surface area (Å²) in [5.74, 6) is -0.704. The molecule has 39 heavy (non-hydrogen) atoms. The van der Waals surface area contributed by atoms with E-state index in [-0.39, 0.29) is 17.7 Å². The Bertz CT molecular complexity index is 1050. The molecule has 0 saturated carbocycles. The molecule has 0 fully saturated rings. The molecule has 0 aliphatic carbocycles. The van der Waals surface area contributed by atoms with Crippen molar-refractivity contribution in [1.29, 1.82) is 0 Å². The fourth-order valence-corrected chi connectivity index (χ4v) is 4.30. The molecule has 0 aliphatic heterocycles. The minimum atomic E-state index is -0.842. The van der Waals surface area contributed by atoms with Crippen LogP contribution in [0.4, 0.5) is 4.79 Å². The van der Waals surface area contributed by atoms with Gasteiger partial charge in [-0.1, -0.05) is 100 Å². The zero-order valence-corrected chi connectivity index (χ0v) is 24.8. The van der Waals surface area contributed by atoms with Gasteiger partial charge in [0, 0.05) is 13.1 Å². The SMILES string of the molecule is CCCCCN(C(=O)C(NC(=O)OC(C)(C)C)C(C)CC)C(C(=O)NCc1ccccc1)c1ccc(C)cc1. The fourth-order valence-electron chi connectivity index (χ4n) is 4.30. The lowest BCUT2D eigenvalue weighted by Gasteiger charge is -2.36. The average molecular weight is 538 g/mol. The van der Waals surface area contributed by atoms with Crippen LogP contribution >= 0.6 is 0 Å². The number of amides is 3. The van der Waals surface area contributed by atoms with Crippen LogP contribution in [0.2, 0.25) is 0 Å². The lowest BCUT2D eigenvalue weighted by atomic mass is 9.95. The molecule has 2 N–H and O–H groups in total. The number of unbranched alkanes of at least 4 members (excludes halogenated alkanes) is 2. The summed E-state index contributed by atoms with van der Waals surface area (Å²) in [5.41, 5.74) is 2.07. The molecule has 214 valence electrons. The summed E-state index contributed by atoms with van der Waals surface area (Å²) >= 11 is 0. The smallest absolute Gasteiger partial charge is 0.408 e. The first-order chi connectivity index (χ1) is 18.5. The van der Waals surface area contributed by atoms with E-state index in [1.165, 1.54) is 0 Å². The minimum absolute atomic E-state index is 0.162. The number of hydrogen-bond acceptors (Lipinski definition) is 4. The van der Waals surface area contributed by atoms with Crippen LogP contribution in [0.25, 0.3) is 0 Å². The maximum Gasteiger partial charge on any atom is 0.408 e. The van der Waals surface area contributed by atoms with E-state index in [2.05, 4.69) is 17.6 Å². The number of aryl methyl sites for hydroxylation is 1. The van der Waals surface area contributed by atoms with Crippen molar-refractivity contribution >= 4 is 17.9 Å². The molecule has 2 rings (SSSR count). The van der Waals surface area contributed by atoms with E-state index in [4.69, 9.17) is 4.74 Å². The second-order valence-electron chi connectivity index (χ2n) is 11.3. The van der Waals surface area contributed by atoms with Crippen molar-refractivity contribution < 1.29 is 19.1 Å². The number of nitrogens with one attached hydrogen (secondary N) is 2. The summed E-state index contributed by atoms with van der Waals surface area (Å²) in [5, 5.41) is 5.87. The summed E-state index contributed by atoms with van der Waals surface area (Å²) in [7, 11) is 0. The molecule has 7 nitrogen and oxygen atoms in total. The highest BCUT2D eigenvalue weighted by Crippen LogP contribution is 2.26. The number of ether oxygens (including phenoxy) is 1. The monoisotopic (exact) mass is 537 g/mol. The van der Waals surface area contributed by atoms with Crippen molar-refractivity contribution in [3.05, 3.63) is 71.3 Å². The molecule has 0 aromatic heterocycles. The van der Waals surface area contributed by atoms with Crippen LogP contribution in [0.15, 0.2) is 54.6 Å². The standard InChI is InChI=1S/C32H47N3O4/c1-8-10-14-21-35(30(37)27(24(4)9-2)34-31(38)39-32(5,6)7)28(26-19-17-23(3)18-20-26)29(36)33-22-25-15-12-11-13-16-25/h11-13,15-20,24,27-28H,8-10,14,21-22H2,1-7H3,(H,33,36)(H,34,38). The number of rotatable bonds is 13. The maximum absolute atomic E-state index is 14.3. The largest absolute Gasteiger partial charge is 0.444 e. The van der Waals surface area contributed by atoms with Gasteiger partial charge in [0.25, 0.3) is 0 Å². The number of nitrogens with zero attached hydrogens (tertiary/aromatic N) is 1. The Kier molecular flexibility index (Phi) is 12.5. The predicted molar refractivity (Wildman–Crippen MR) is 156 cm³/mol. The molecule has 0 saturated heterocycles. The quantitative estimate of drug-likeness (QED) is 0.293. The van der Waals surface area contributed by atoms with Crippen molar-refractivity contribution in [3.8, 4) is 0 Å². The number of benzene rings is 2. The number of alkyl carbamates (subject to hydrolysis) is 1. The van der Waals surface area contributed by atoms with E-state index in [0.717, 1.165) is 36.0 Å².